The van der Waals surface area contributed by atoms with E-state index in [1.165, 1.54) is 6.42 Å². The molecule has 1 aliphatic rings. The van der Waals surface area contributed by atoms with Gasteiger partial charge in [0.2, 0.25) is 0 Å². The van der Waals surface area contributed by atoms with Gasteiger partial charge in [-0.1, -0.05) is 57.4 Å². The number of hydrogen-bond acceptors (Lipinski definition) is 3. The van der Waals surface area contributed by atoms with Crippen LogP contribution in [0.5, 0.6) is 0 Å². The molecule has 1 aliphatic carbocycles. The highest BCUT2D eigenvalue weighted by Gasteiger charge is 2.19. The summed E-state index contributed by atoms with van der Waals surface area (Å²) < 4.78 is 0. The van der Waals surface area contributed by atoms with Crippen molar-refractivity contribution in [1.82, 2.24) is 10.3 Å². The second kappa shape index (κ2) is 8.80. The maximum Gasteiger partial charge on any atom is 0.274 e. The van der Waals surface area contributed by atoms with E-state index in [1.54, 1.807) is 18.2 Å². The van der Waals surface area contributed by atoms with E-state index in [0.717, 1.165) is 36.9 Å². The molecule has 27 heavy (non-hydrogen) atoms. The van der Waals surface area contributed by atoms with Gasteiger partial charge in [0.1, 0.15) is 11.4 Å². The lowest BCUT2D eigenvalue weighted by atomic mass is 9.95. The molecular formula is C22H27N3O2. The number of amides is 2. The van der Waals surface area contributed by atoms with E-state index in [4.69, 9.17) is 0 Å². The van der Waals surface area contributed by atoms with Crippen LogP contribution in [-0.2, 0) is 0 Å². The Morgan fingerprint density at radius 3 is 2.30 bits per heavy atom. The lowest BCUT2D eigenvalue weighted by Crippen LogP contribution is -2.36. The Labute approximate surface area is 160 Å². The lowest BCUT2D eigenvalue weighted by molar-refractivity contribution is 0.0922. The standard InChI is InChI=1S/C22H27N3O2/c1-15(2)17-11-6-7-12-18(17)25-22(27)20-14-8-13-19(24-20)21(26)23-16-9-4-3-5-10-16/h6-8,11-16H,3-5,9-10H2,1-2H3,(H,23,26)(H,25,27). The topological polar surface area (TPSA) is 71.1 Å². The number of para-hydroxylation sites is 1. The number of nitrogens with zero attached hydrogens (tertiary/aromatic N) is 1. The number of benzene rings is 1. The van der Waals surface area contributed by atoms with Crippen molar-refractivity contribution in [3.63, 3.8) is 0 Å². The maximum atomic E-state index is 12.6. The van der Waals surface area contributed by atoms with Crippen molar-refractivity contribution >= 4 is 17.5 Å². The molecule has 0 radical (unpaired) electrons. The van der Waals surface area contributed by atoms with Gasteiger partial charge in [-0.3, -0.25) is 9.59 Å². The minimum atomic E-state index is -0.310. The fourth-order valence-corrected chi connectivity index (χ4v) is 3.49. The Morgan fingerprint density at radius 1 is 0.926 bits per heavy atom. The SMILES string of the molecule is CC(C)c1ccccc1NC(=O)c1cccc(C(=O)NC2CCCCC2)n1. The summed E-state index contributed by atoms with van der Waals surface area (Å²) in [6, 6.07) is 12.9. The Balaban J connectivity index is 1.71. The first-order valence-electron chi connectivity index (χ1n) is 9.73. The molecule has 1 fully saturated rings. The molecular weight excluding hydrogens is 338 g/mol. The molecule has 0 saturated heterocycles. The number of anilines is 1. The monoisotopic (exact) mass is 365 g/mol. The quantitative estimate of drug-likeness (QED) is 0.818. The molecule has 0 unspecified atom stereocenters. The van der Waals surface area contributed by atoms with Crippen LogP contribution in [0.25, 0.3) is 0 Å². The van der Waals surface area contributed by atoms with E-state index in [1.807, 2.05) is 24.3 Å². The van der Waals surface area contributed by atoms with Crippen LogP contribution in [-0.4, -0.2) is 22.8 Å². The van der Waals surface area contributed by atoms with Gasteiger partial charge < -0.3 is 10.6 Å². The molecule has 142 valence electrons. The average molecular weight is 365 g/mol. The van der Waals surface area contributed by atoms with Crippen molar-refractivity contribution in [3.8, 4) is 0 Å². The maximum absolute atomic E-state index is 12.6. The van der Waals surface area contributed by atoms with Crippen molar-refractivity contribution in [1.29, 1.82) is 0 Å². The highest BCUT2D eigenvalue weighted by Crippen LogP contribution is 2.24. The van der Waals surface area contributed by atoms with Crippen LogP contribution in [0, 0.1) is 0 Å². The normalized spacial score (nSPS) is 14.8. The third-order valence-corrected chi connectivity index (χ3v) is 4.99. The highest BCUT2D eigenvalue weighted by atomic mass is 16.2. The predicted octanol–water partition coefficient (Wildman–Crippen LogP) is 4.52. The summed E-state index contributed by atoms with van der Waals surface area (Å²) in [5, 5.41) is 5.96. The summed E-state index contributed by atoms with van der Waals surface area (Å²) in [4.78, 5) is 29.4. The smallest absolute Gasteiger partial charge is 0.274 e. The minimum absolute atomic E-state index is 0.209. The Hall–Kier alpha value is -2.69. The molecule has 0 bridgehead atoms. The first kappa shape index (κ1) is 19.1. The van der Waals surface area contributed by atoms with Gasteiger partial charge in [-0.15, -0.1) is 0 Å². The lowest BCUT2D eigenvalue weighted by Gasteiger charge is -2.22. The van der Waals surface area contributed by atoms with E-state index >= 15 is 0 Å². The molecule has 3 rings (SSSR count). The number of nitrogens with one attached hydrogen (secondary N) is 2. The van der Waals surface area contributed by atoms with Gasteiger partial charge in [0, 0.05) is 11.7 Å². The van der Waals surface area contributed by atoms with Crippen LogP contribution in [0.1, 0.15) is 78.4 Å². The minimum Gasteiger partial charge on any atom is -0.348 e. The number of pyridine rings is 1. The zero-order valence-electron chi connectivity index (χ0n) is 16.0. The molecule has 2 N–H and O–H groups in total. The second-order valence-electron chi connectivity index (χ2n) is 7.41. The third-order valence-electron chi connectivity index (χ3n) is 4.99. The molecule has 1 aromatic carbocycles. The third kappa shape index (κ3) is 4.94. The van der Waals surface area contributed by atoms with Crippen LogP contribution in [0.4, 0.5) is 5.69 Å². The molecule has 5 heteroatoms. The molecule has 1 aromatic heterocycles. The fraction of sp³-hybridized carbons (Fsp3) is 0.409. The van der Waals surface area contributed by atoms with Crippen molar-refractivity contribution in [2.45, 2.75) is 57.9 Å². The molecule has 5 nitrogen and oxygen atoms in total. The first-order chi connectivity index (χ1) is 13.0. The van der Waals surface area contributed by atoms with Crippen LogP contribution in [0.3, 0.4) is 0 Å². The largest absolute Gasteiger partial charge is 0.348 e. The van der Waals surface area contributed by atoms with E-state index in [0.29, 0.717) is 5.92 Å². The summed E-state index contributed by atoms with van der Waals surface area (Å²) in [5.41, 5.74) is 2.36. The van der Waals surface area contributed by atoms with Crippen molar-refractivity contribution in [2.24, 2.45) is 0 Å². The number of hydrogen-bond donors (Lipinski definition) is 2. The van der Waals surface area contributed by atoms with Gasteiger partial charge >= 0.3 is 0 Å². The summed E-state index contributed by atoms with van der Waals surface area (Å²) in [7, 11) is 0. The van der Waals surface area contributed by atoms with Gasteiger partial charge in [0.05, 0.1) is 0 Å². The fourth-order valence-electron chi connectivity index (χ4n) is 3.49. The van der Waals surface area contributed by atoms with E-state index in [2.05, 4.69) is 29.5 Å². The number of aromatic nitrogens is 1. The van der Waals surface area contributed by atoms with Gasteiger partial charge in [0.25, 0.3) is 11.8 Å². The summed E-state index contributed by atoms with van der Waals surface area (Å²) in [5.74, 6) is -0.225. The number of carbonyl (C=O) groups is 2. The Kier molecular flexibility index (Phi) is 6.22. The van der Waals surface area contributed by atoms with Gasteiger partial charge in [-0.2, -0.15) is 0 Å². The molecule has 0 aliphatic heterocycles. The van der Waals surface area contributed by atoms with E-state index in [-0.39, 0.29) is 29.2 Å². The highest BCUT2D eigenvalue weighted by molar-refractivity contribution is 6.04. The molecule has 0 atom stereocenters. The summed E-state index contributed by atoms with van der Waals surface area (Å²) in [6.45, 7) is 4.17. The van der Waals surface area contributed by atoms with E-state index in [9.17, 15) is 9.59 Å². The van der Waals surface area contributed by atoms with Crippen LogP contribution in [0.15, 0.2) is 42.5 Å². The molecule has 2 aromatic rings. The first-order valence-corrected chi connectivity index (χ1v) is 9.73. The molecule has 1 heterocycles. The van der Waals surface area contributed by atoms with Crippen LogP contribution in [0.2, 0.25) is 0 Å². The van der Waals surface area contributed by atoms with Gasteiger partial charge in [-0.25, -0.2) is 4.98 Å². The van der Waals surface area contributed by atoms with Crippen molar-refractivity contribution in [2.75, 3.05) is 5.32 Å². The predicted molar refractivity (Wildman–Crippen MR) is 107 cm³/mol. The molecule has 0 spiro atoms. The average Bonchev–Trinajstić information content (AvgIpc) is 2.69. The van der Waals surface area contributed by atoms with Crippen LogP contribution < -0.4 is 10.6 Å². The number of rotatable bonds is 5. The van der Waals surface area contributed by atoms with Gasteiger partial charge in [-0.05, 0) is 42.5 Å². The Morgan fingerprint density at radius 2 is 1.59 bits per heavy atom. The summed E-state index contributed by atoms with van der Waals surface area (Å²) >= 11 is 0. The Bertz CT molecular complexity index is 811. The molecule has 1 saturated carbocycles. The van der Waals surface area contributed by atoms with E-state index < -0.39 is 0 Å². The van der Waals surface area contributed by atoms with Crippen LogP contribution >= 0.6 is 0 Å². The summed E-state index contributed by atoms with van der Waals surface area (Å²) in [6.07, 6.45) is 5.56. The van der Waals surface area contributed by atoms with Crippen molar-refractivity contribution < 1.29 is 9.59 Å². The van der Waals surface area contributed by atoms with Crippen molar-refractivity contribution in [3.05, 3.63) is 59.4 Å². The molecule has 2 amide bonds. The number of carbonyl (C=O) groups excluding carboxylic acids is 2. The van der Waals surface area contributed by atoms with Gasteiger partial charge in [0.15, 0.2) is 0 Å². The zero-order valence-corrected chi connectivity index (χ0v) is 16.0. The zero-order chi connectivity index (χ0) is 19.2. The second-order valence-corrected chi connectivity index (χ2v) is 7.41.